The van der Waals surface area contributed by atoms with Crippen LogP contribution in [-0.4, -0.2) is 53.4 Å². The van der Waals surface area contributed by atoms with Crippen LogP contribution < -0.4 is 5.73 Å². The third-order valence-corrected chi connectivity index (χ3v) is 5.49. The molecule has 1 aliphatic heterocycles. The molecule has 0 saturated carbocycles. The summed E-state index contributed by atoms with van der Waals surface area (Å²) in [7, 11) is 0. The Morgan fingerprint density at radius 1 is 1.32 bits per heavy atom. The predicted octanol–water partition coefficient (Wildman–Crippen LogP) is 2.39. The van der Waals surface area contributed by atoms with Crippen LogP contribution in [-0.2, 0) is 13.0 Å². The maximum Gasteiger partial charge on any atom is 0.273 e. The van der Waals surface area contributed by atoms with E-state index in [1.54, 1.807) is 22.4 Å². The molecule has 8 heteroatoms. The second-order valence-electron chi connectivity index (χ2n) is 5.93. The van der Waals surface area contributed by atoms with Crippen molar-refractivity contribution in [2.24, 2.45) is 5.73 Å². The van der Waals surface area contributed by atoms with Crippen molar-refractivity contribution >= 4 is 28.8 Å². The van der Waals surface area contributed by atoms with Crippen molar-refractivity contribution in [2.75, 3.05) is 32.7 Å². The summed E-state index contributed by atoms with van der Waals surface area (Å²) < 4.78 is 13.9. The van der Waals surface area contributed by atoms with E-state index in [2.05, 4.69) is 9.88 Å². The first-order chi connectivity index (χ1) is 12.1. The number of carbonyl (C=O) groups is 1. The summed E-state index contributed by atoms with van der Waals surface area (Å²) in [6, 6.07) is 4.72. The van der Waals surface area contributed by atoms with Crippen molar-refractivity contribution in [3.8, 4) is 0 Å². The van der Waals surface area contributed by atoms with Crippen molar-refractivity contribution in [1.82, 2.24) is 14.8 Å². The first kappa shape index (κ1) is 18.3. The zero-order chi connectivity index (χ0) is 17.8. The molecule has 2 heterocycles. The molecule has 1 aliphatic rings. The predicted molar refractivity (Wildman–Crippen MR) is 97.5 cm³/mol. The van der Waals surface area contributed by atoms with Crippen LogP contribution in [0.2, 0.25) is 5.02 Å². The molecule has 134 valence electrons. The van der Waals surface area contributed by atoms with E-state index in [0.29, 0.717) is 62.0 Å². The zero-order valence-corrected chi connectivity index (χ0v) is 15.3. The Hall–Kier alpha value is -1.54. The average Bonchev–Trinajstić information content (AvgIpc) is 3.07. The summed E-state index contributed by atoms with van der Waals surface area (Å²) in [4.78, 5) is 20.8. The quantitative estimate of drug-likeness (QED) is 0.862. The number of carbonyl (C=O) groups excluding carboxylic acids is 1. The highest BCUT2D eigenvalue weighted by molar-refractivity contribution is 7.09. The molecular weight excluding hydrogens is 363 g/mol. The average molecular weight is 383 g/mol. The van der Waals surface area contributed by atoms with Crippen molar-refractivity contribution in [1.29, 1.82) is 0 Å². The van der Waals surface area contributed by atoms with Crippen molar-refractivity contribution in [3.05, 3.63) is 50.7 Å². The third-order valence-electron chi connectivity index (χ3n) is 4.23. The Morgan fingerprint density at radius 2 is 2.08 bits per heavy atom. The number of hydrogen-bond acceptors (Lipinski definition) is 5. The molecule has 25 heavy (non-hydrogen) atoms. The van der Waals surface area contributed by atoms with E-state index in [0.717, 1.165) is 5.01 Å². The number of amides is 1. The Labute approximate surface area is 155 Å². The molecule has 1 fully saturated rings. The second kappa shape index (κ2) is 8.23. The van der Waals surface area contributed by atoms with Gasteiger partial charge >= 0.3 is 0 Å². The van der Waals surface area contributed by atoms with Crippen molar-refractivity contribution < 1.29 is 9.18 Å². The molecule has 1 aromatic carbocycles. The van der Waals surface area contributed by atoms with Crippen molar-refractivity contribution in [3.63, 3.8) is 0 Å². The van der Waals surface area contributed by atoms with Crippen LogP contribution in [0.5, 0.6) is 0 Å². The number of aromatic nitrogens is 1. The molecule has 1 saturated heterocycles. The van der Waals surface area contributed by atoms with Gasteiger partial charge in [0.25, 0.3) is 5.91 Å². The van der Waals surface area contributed by atoms with E-state index in [4.69, 9.17) is 17.3 Å². The maximum absolute atomic E-state index is 13.9. The minimum Gasteiger partial charge on any atom is -0.335 e. The molecule has 2 N–H and O–H groups in total. The van der Waals surface area contributed by atoms with Gasteiger partial charge in [0.2, 0.25) is 0 Å². The van der Waals surface area contributed by atoms with Gasteiger partial charge in [-0.15, -0.1) is 11.3 Å². The van der Waals surface area contributed by atoms with E-state index >= 15 is 0 Å². The van der Waals surface area contributed by atoms with E-state index in [9.17, 15) is 9.18 Å². The highest BCUT2D eigenvalue weighted by Crippen LogP contribution is 2.22. The first-order valence-electron chi connectivity index (χ1n) is 8.17. The third kappa shape index (κ3) is 4.36. The van der Waals surface area contributed by atoms with Crippen molar-refractivity contribution in [2.45, 2.75) is 13.0 Å². The molecule has 5 nitrogen and oxygen atoms in total. The lowest BCUT2D eigenvalue weighted by Gasteiger charge is -2.34. The summed E-state index contributed by atoms with van der Waals surface area (Å²) in [5.41, 5.74) is 6.51. The number of nitrogens with zero attached hydrogens (tertiary/aromatic N) is 3. The van der Waals surface area contributed by atoms with E-state index in [1.807, 2.05) is 0 Å². The number of nitrogens with two attached hydrogens (primary N) is 1. The Bertz CT molecular complexity index is 726. The first-order valence-corrected chi connectivity index (χ1v) is 9.43. The Kier molecular flexibility index (Phi) is 6.01. The number of halogens is 2. The Balaban J connectivity index is 1.57. The molecule has 2 aromatic rings. The highest BCUT2D eigenvalue weighted by Gasteiger charge is 2.24. The fourth-order valence-electron chi connectivity index (χ4n) is 2.83. The van der Waals surface area contributed by atoms with Gasteiger partial charge in [0.15, 0.2) is 0 Å². The number of benzene rings is 1. The van der Waals surface area contributed by atoms with Crippen LogP contribution in [0.3, 0.4) is 0 Å². The van der Waals surface area contributed by atoms with E-state index in [-0.39, 0.29) is 11.7 Å². The number of piperazine rings is 1. The molecule has 0 aliphatic carbocycles. The molecular formula is C17H20ClFN4OS. The lowest BCUT2D eigenvalue weighted by atomic mass is 10.1. The molecule has 0 bridgehead atoms. The fraction of sp³-hybridized carbons (Fsp3) is 0.412. The topological polar surface area (TPSA) is 62.5 Å². The van der Waals surface area contributed by atoms with Gasteiger partial charge in [-0.3, -0.25) is 9.69 Å². The van der Waals surface area contributed by atoms with Crippen LogP contribution in [0.1, 0.15) is 21.1 Å². The number of thiazole rings is 1. The summed E-state index contributed by atoms with van der Waals surface area (Å²) in [5, 5.41) is 3.12. The minimum atomic E-state index is -0.291. The largest absolute Gasteiger partial charge is 0.335 e. The van der Waals surface area contributed by atoms with Gasteiger partial charge in [0.05, 0.1) is 5.01 Å². The molecule has 0 radical (unpaired) electrons. The SMILES string of the molecule is NCCc1nc(C(=O)N2CCN(Cc3c(F)cccc3Cl)CC2)cs1. The van der Waals surface area contributed by atoms with Crippen LogP contribution >= 0.6 is 22.9 Å². The summed E-state index contributed by atoms with van der Waals surface area (Å²) in [6.07, 6.45) is 0.690. The van der Waals surface area contributed by atoms with Gasteiger partial charge in [0.1, 0.15) is 11.5 Å². The molecule has 0 spiro atoms. The highest BCUT2D eigenvalue weighted by atomic mass is 35.5. The molecule has 1 aromatic heterocycles. The van der Waals surface area contributed by atoms with Crippen LogP contribution in [0.25, 0.3) is 0 Å². The summed E-state index contributed by atoms with van der Waals surface area (Å²) in [6.45, 7) is 3.51. The van der Waals surface area contributed by atoms with Gasteiger partial charge < -0.3 is 10.6 Å². The van der Waals surface area contributed by atoms with Gasteiger partial charge in [-0.05, 0) is 18.7 Å². The standard InChI is InChI=1S/C17H20ClFN4OS/c18-13-2-1-3-14(19)12(13)10-22-6-8-23(9-7-22)17(24)15-11-25-16(21-15)4-5-20/h1-3,11H,4-10,20H2. The zero-order valence-electron chi connectivity index (χ0n) is 13.8. The minimum absolute atomic E-state index is 0.0527. The van der Waals surface area contributed by atoms with Gasteiger partial charge in [-0.25, -0.2) is 9.37 Å². The lowest BCUT2D eigenvalue weighted by molar-refractivity contribution is 0.0622. The van der Waals surface area contributed by atoms with E-state index in [1.165, 1.54) is 17.4 Å². The van der Waals surface area contributed by atoms with Crippen LogP contribution in [0.4, 0.5) is 4.39 Å². The molecule has 3 rings (SSSR count). The van der Waals surface area contributed by atoms with Crippen LogP contribution in [0, 0.1) is 5.82 Å². The fourth-order valence-corrected chi connectivity index (χ4v) is 3.84. The molecule has 1 amide bonds. The smallest absolute Gasteiger partial charge is 0.273 e. The van der Waals surface area contributed by atoms with Gasteiger partial charge in [-0.2, -0.15) is 0 Å². The lowest BCUT2D eigenvalue weighted by Crippen LogP contribution is -2.48. The van der Waals surface area contributed by atoms with Gasteiger partial charge in [0, 0.05) is 55.1 Å². The number of rotatable bonds is 5. The normalized spacial score (nSPS) is 15.6. The Morgan fingerprint density at radius 3 is 2.76 bits per heavy atom. The van der Waals surface area contributed by atoms with Crippen LogP contribution in [0.15, 0.2) is 23.6 Å². The maximum atomic E-state index is 13.9. The van der Waals surface area contributed by atoms with E-state index < -0.39 is 0 Å². The summed E-state index contributed by atoms with van der Waals surface area (Å²) in [5.74, 6) is -0.344. The monoisotopic (exact) mass is 382 g/mol. The summed E-state index contributed by atoms with van der Waals surface area (Å²) >= 11 is 7.56. The number of hydrogen-bond donors (Lipinski definition) is 1. The van der Waals surface area contributed by atoms with Gasteiger partial charge in [-0.1, -0.05) is 17.7 Å². The molecule has 0 unspecified atom stereocenters. The second-order valence-corrected chi connectivity index (χ2v) is 7.28. The molecule has 0 atom stereocenters.